The van der Waals surface area contributed by atoms with Gasteiger partial charge in [0.2, 0.25) is 0 Å². The van der Waals surface area contributed by atoms with Crippen LogP contribution in [0.25, 0.3) is 0 Å². The molecule has 1 aromatic carbocycles. The molecule has 0 saturated heterocycles. The first-order valence-electron chi connectivity index (χ1n) is 4.27. The highest BCUT2D eigenvalue weighted by molar-refractivity contribution is 7.98. The number of halogens is 1. The van der Waals surface area contributed by atoms with Crippen molar-refractivity contribution in [2.24, 2.45) is 0 Å². The molecule has 0 fully saturated rings. The van der Waals surface area contributed by atoms with Gasteiger partial charge in [0, 0.05) is 21.7 Å². The number of phenolic OH excluding ortho intramolecular Hbond substituents is 1. The van der Waals surface area contributed by atoms with Gasteiger partial charge in [-0.25, -0.2) is 4.98 Å². The van der Waals surface area contributed by atoms with Crippen molar-refractivity contribution in [2.45, 2.75) is 10.6 Å². The first-order valence-corrected chi connectivity index (χ1v) is 6.45. The summed E-state index contributed by atoms with van der Waals surface area (Å²) in [5, 5.41) is 9.53. The van der Waals surface area contributed by atoms with Gasteiger partial charge in [-0.1, -0.05) is 23.7 Å². The molecule has 78 valence electrons. The van der Waals surface area contributed by atoms with Crippen LogP contribution < -0.4 is 0 Å². The Morgan fingerprint density at radius 1 is 1.40 bits per heavy atom. The highest BCUT2D eigenvalue weighted by Gasteiger charge is 2.03. The van der Waals surface area contributed by atoms with E-state index < -0.39 is 0 Å². The minimum absolute atomic E-state index is 0.318. The molecule has 0 amide bonds. The second-order valence-electron chi connectivity index (χ2n) is 2.84. The number of para-hydroxylation sites is 1. The highest BCUT2D eigenvalue weighted by Crippen LogP contribution is 2.32. The van der Waals surface area contributed by atoms with Gasteiger partial charge < -0.3 is 5.11 Å². The zero-order chi connectivity index (χ0) is 10.7. The van der Waals surface area contributed by atoms with E-state index in [2.05, 4.69) is 4.98 Å². The van der Waals surface area contributed by atoms with Crippen molar-refractivity contribution in [2.75, 3.05) is 0 Å². The minimum Gasteiger partial charge on any atom is -0.507 e. The summed E-state index contributed by atoms with van der Waals surface area (Å²) >= 11 is 8.76. The number of hydrogen-bond donors (Lipinski definition) is 1. The third-order valence-corrected chi connectivity index (χ3v) is 4.17. The van der Waals surface area contributed by atoms with Crippen LogP contribution in [0.1, 0.15) is 4.88 Å². The van der Waals surface area contributed by atoms with Crippen LogP contribution in [-0.4, -0.2) is 10.1 Å². The number of thiazole rings is 1. The molecule has 5 heteroatoms. The van der Waals surface area contributed by atoms with Gasteiger partial charge in [0.1, 0.15) is 5.75 Å². The summed E-state index contributed by atoms with van der Waals surface area (Å²) in [6, 6.07) is 7.29. The molecular weight excluding hydrogens is 250 g/mol. The lowest BCUT2D eigenvalue weighted by Gasteiger charge is -2.01. The zero-order valence-corrected chi connectivity index (χ0v) is 10.1. The lowest BCUT2D eigenvalue weighted by atomic mass is 10.3. The van der Waals surface area contributed by atoms with Crippen LogP contribution in [0.3, 0.4) is 0 Å². The Morgan fingerprint density at radius 3 is 2.87 bits per heavy atom. The van der Waals surface area contributed by atoms with E-state index in [1.54, 1.807) is 24.0 Å². The molecule has 2 rings (SSSR count). The van der Waals surface area contributed by atoms with Crippen molar-refractivity contribution in [3.8, 4) is 5.75 Å². The zero-order valence-electron chi connectivity index (χ0n) is 7.68. The molecule has 0 aliphatic heterocycles. The standard InChI is InChI=1S/C10H8ClNOS2/c11-10-12-5-7(15-10)6-14-9-4-2-1-3-8(9)13/h1-5,13H,6H2. The maximum Gasteiger partial charge on any atom is 0.183 e. The molecule has 0 aliphatic carbocycles. The molecule has 1 heterocycles. The quantitative estimate of drug-likeness (QED) is 0.850. The predicted octanol–water partition coefficient (Wildman–Crippen LogP) is 3.79. The second-order valence-corrected chi connectivity index (χ2v) is 5.55. The van der Waals surface area contributed by atoms with Crippen molar-refractivity contribution >= 4 is 34.7 Å². The Balaban J connectivity index is 2.02. The lowest BCUT2D eigenvalue weighted by Crippen LogP contribution is -1.75. The number of rotatable bonds is 3. The van der Waals surface area contributed by atoms with Crippen LogP contribution in [0.4, 0.5) is 0 Å². The first kappa shape index (κ1) is 10.8. The van der Waals surface area contributed by atoms with Crippen LogP contribution in [0.2, 0.25) is 4.47 Å². The molecule has 2 nitrogen and oxygen atoms in total. The van der Waals surface area contributed by atoms with Crippen molar-refractivity contribution in [1.29, 1.82) is 0 Å². The van der Waals surface area contributed by atoms with Gasteiger partial charge in [0.15, 0.2) is 4.47 Å². The summed E-state index contributed by atoms with van der Waals surface area (Å²) in [5.41, 5.74) is 0. The summed E-state index contributed by atoms with van der Waals surface area (Å²) < 4.78 is 0.558. The van der Waals surface area contributed by atoms with E-state index in [1.165, 1.54) is 11.3 Å². The molecule has 0 bridgehead atoms. The van der Waals surface area contributed by atoms with E-state index in [1.807, 2.05) is 18.2 Å². The number of aromatic hydroxyl groups is 1. The fourth-order valence-electron chi connectivity index (χ4n) is 1.08. The number of nitrogens with zero attached hydrogens (tertiary/aromatic N) is 1. The molecule has 0 radical (unpaired) electrons. The van der Waals surface area contributed by atoms with Crippen LogP contribution in [-0.2, 0) is 5.75 Å². The summed E-state index contributed by atoms with van der Waals surface area (Å²) in [6.45, 7) is 0. The maximum atomic E-state index is 9.53. The summed E-state index contributed by atoms with van der Waals surface area (Å²) in [5.74, 6) is 1.10. The summed E-state index contributed by atoms with van der Waals surface area (Å²) in [6.07, 6.45) is 1.76. The molecule has 0 saturated carbocycles. The maximum absolute atomic E-state index is 9.53. The topological polar surface area (TPSA) is 33.1 Å². The Bertz CT molecular complexity index is 458. The van der Waals surface area contributed by atoms with Gasteiger partial charge in [-0.3, -0.25) is 0 Å². The summed E-state index contributed by atoms with van der Waals surface area (Å²) in [7, 11) is 0. The fourth-order valence-corrected chi connectivity index (χ4v) is 3.03. The first-order chi connectivity index (χ1) is 7.25. The fraction of sp³-hybridized carbons (Fsp3) is 0.100. The molecule has 0 aliphatic rings. The number of phenols is 1. The van der Waals surface area contributed by atoms with Crippen molar-refractivity contribution in [3.05, 3.63) is 39.8 Å². The average Bonchev–Trinajstić information content (AvgIpc) is 2.63. The van der Waals surface area contributed by atoms with Gasteiger partial charge in [-0.05, 0) is 12.1 Å². The average molecular weight is 258 g/mol. The molecule has 1 N–H and O–H groups in total. The largest absolute Gasteiger partial charge is 0.507 e. The molecule has 0 spiro atoms. The van der Waals surface area contributed by atoms with Crippen molar-refractivity contribution < 1.29 is 5.11 Å². The van der Waals surface area contributed by atoms with E-state index in [-0.39, 0.29) is 0 Å². The van der Waals surface area contributed by atoms with Crippen LogP contribution in [0.15, 0.2) is 35.4 Å². The predicted molar refractivity (Wildman–Crippen MR) is 64.8 cm³/mol. The third kappa shape index (κ3) is 2.87. The smallest absolute Gasteiger partial charge is 0.183 e. The second kappa shape index (κ2) is 4.88. The third-order valence-electron chi connectivity index (χ3n) is 1.76. The van der Waals surface area contributed by atoms with Crippen LogP contribution in [0.5, 0.6) is 5.75 Å². The van der Waals surface area contributed by atoms with E-state index >= 15 is 0 Å². The van der Waals surface area contributed by atoms with Gasteiger partial charge >= 0.3 is 0 Å². The van der Waals surface area contributed by atoms with E-state index in [9.17, 15) is 5.11 Å². The normalized spacial score (nSPS) is 10.5. The molecule has 15 heavy (non-hydrogen) atoms. The number of thioether (sulfide) groups is 1. The molecule has 0 atom stereocenters. The summed E-state index contributed by atoms with van der Waals surface area (Å²) in [4.78, 5) is 5.94. The molecule has 1 aromatic heterocycles. The Morgan fingerprint density at radius 2 is 2.20 bits per heavy atom. The van der Waals surface area contributed by atoms with Gasteiger partial charge in [0.25, 0.3) is 0 Å². The molecule has 2 aromatic rings. The Labute approximate surface area is 101 Å². The van der Waals surface area contributed by atoms with Crippen molar-refractivity contribution in [3.63, 3.8) is 0 Å². The SMILES string of the molecule is Oc1ccccc1SCc1cnc(Cl)s1. The number of aromatic nitrogens is 1. The van der Waals surface area contributed by atoms with Gasteiger partial charge in [0.05, 0.1) is 0 Å². The molecular formula is C10H8ClNOS2. The highest BCUT2D eigenvalue weighted by atomic mass is 35.5. The monoisotopic (exact) mass is 257 g/mol. The van der Waals surface area contributed by atoms with E-state index in [4.69, 9.17) is 11.6 Å². The van der Waals surface area contributed by atoms with Gasteiger partial charge in [-0.15, -0.1) is 23.1 Å². The van der Waals surface area contributed by atoms with E-state index in [0.29, 0.717) is 10.2 Å². The van der Waals surface area contributed by atoms with Gasteiger partial charge in [-0.2, -0.15) is 0 Å². The number of hydrogen-bond acceptors (Lipinski definition) is 4. The van der Waals surface area contributed by atoms with E-state index in [0.717, 1.165) is 15.5 Å². The molecule has 0 unspecified atom stereocenters. The lowest BCUT2D eigenvalue weighted by molar-refractivity contribution is 0.462. The minimum atomic E-state index is 0.318. The van der Waals surface area contributed by atoms with Crippen LogP contribution >= 0.6 is 34.7 Å². The van der Waals surface area contributed by atoms with Crippen molar-refractivity contribution in [1.82, 2.24) is 4.98 Å². The van der Waals surface area contributed by atoms with Crippen LogP contribution in [0, 0.1) is 0 Å². The number of benzene rings is 1. The Hall–Kier alpha value is -0.710. The Kier molecular flexibility index (Phi) is 3.51.